The maximum atomic E-state index is 11.9. The Labute approximate surface area is 186 Å². The molecule has 4 rings (SSSR count). The van der Waals surface area contributed by atoms with Gasteiger partial charge >= 0.3 is 0 Å². The minimum Gasteiger partial charge on any atom is -0.300 e. The van der Waals surface area contributed by atoms with Gasteiger partial charge in [-0.2, -0.15) is 0 Å². The van der Waals surface area contributed by atoms with E-state index in [0.29, 0.717) is 10.8 Å². The van der Waals surface area contributed by atoms with Crippen LogP contribution in [0, 0.1) is 0 Å². The second-order valence-corrected chi connectivity index (χ2v) is 10.1. The molecule has 1 aliphatic heterocycles. The van der Waals surface area contributed by atoms with Crippen LogP contribution in [0.1, 0.15) is 50.6 Å². The van der Waals surface area contributed by atoms with Gasteiger partial charge in [-0.05, 0) is 62.5 Å². The number of rotatable bonds is 5. The van der Waals surface area contributed by atoms with E-state index in [-0.39, 0.29) is 30.6 Å². The molecule has 1 aromatic heterocycles. The molecule has 1 saturated carbocycles. The number of piperidine rings is 1. The zero-order valence-corrected chi connectivity index (χ0v) is 19.2. The van der Waals surface area contributed by atoms with Crippen LogP contribution in [0.5, 0.6) is 0 Å². The van der Waals surface area contributed by atoms with Crippen molar-refractivity contribution in [2.24, 2.45) is 0 Å². The summed E-state index contributed by atoms with van der Waals surface area (Å²) < 4.78 is 23.9. The molecule has 1 aliphatic carbocycles. The van der Waals surface area contributed by atoms with Crippen LogP contribution in [0.15, 0.2) is 47.5 Å². The van der Waals surface area contributed by atoms with Gasteiger partial charge in [-0.1, -0.05) is 31.5 Å². The molecule has 1 aromatic carbocycles. The topological polar surface area (TPSA) is 50.3 Å². The lowest BCUT2D eigenvalue weighted by molar-refractivity contribution is 0.0970. The molecular formula is C22H30Cl2N2O2S. The predicted molar refractivity (Wildman–Crippen MR) is 123 cm³/mol. The molecule has 0 radical (unpaired) electrons. The van der Waals surface area contributed by atoms with Gasteiger partial charge in [0.25, 0.3) is 0 Å². The van der Waals surface area contributed by atoms with E-state index in [1.807, 2.05) is 18.3 Å². The molecule has 0 bridgehead atoms. The summed E-state index contributed by atoms with van der Waals surface area (Å²) in [5.41, 5.74) is 3.23. The first-order chi connectivity index (χ1) is 13.1. The van der Waals surface area contributed by atoms with E-state index in [2.05, 4.69) is 17.0 Å². The Morgan fingerprint density at radius 2 is 1.55 bits per heavy atom. The number of likely N-dealkylation sites (tertiary alicyclic amines) is 1. The summed E-state index contributed by atoms with van der Waals surface area (Å²) in [6.07, 6.45) is 8.50. The largest absolute Gasteiger partial charge is 0.300 e. The highest BCUT2D eigenvalue weighted by atomic mass is 35.5. The van der Waals surface area contributed by atoms with Gasteiger partial charge in [-0.3, -0.25) is 4.98 Å². The van der Waals surface area contributed by atoms with Gasteiger partial charge in [0.2, 0.25) is 0 Å². The molecule has 2 aliphatic rings. The van der Waals surface area contributed by atoms with Crippen molar-refractivity contribution >= 4 is 34.7 Å². The third kappa shape index (κ3) is 5.32. The van der Waals surface area contributed by atoms with Crippen LogP contribution in [-0.4, -0.2) is 43.2 Å². The quantitative estimate of drug-likeness (QED) is 0.626. The molecule has 2 heterocycles. The van der Waals surface area contributed by atoms with Gasteiger partial charge in [-0.15, -0.1) is 24.8 Å². The Morgan fingerprint density at radius 3 is 2.03 bits per heavy atom. The minimum atomic E-state index is -3.15. The van der Waals surface area contributed by atoms with Gasteiger partial charge in [0, 0.05) is 29.4 Å². The van der Waals surface area contributed by atoms with E-state index in [0.717, 1.165) is 17.2 Å². The van der Waals surface area contributed by atoms with Crippen LogP contribution in [0.2, 0.25) is 0 Å². The van der Waals surface area contributed by atoms with Gasteiger partial charge in [-0.25, -0.2) is 8.42 Å². The first-order valence-electron chi connectivity index (χ1n) is 10.1. The second-order valence-electron chi connectivity index (χ2n) is 7.79. The van der Waals surface area contributed by atoms with E-state index in [1.54, 1.807) is 19.1 Å². The number of aromatic nitrogens is 1. The van der Waals surface area contributed by atoms with Gasteiger partial charge in [0.15, 0.2) is 9.84 Å². The summed E-state index contributed by atoms with van der Waals surface area (Å²) in [5.74, 6) is 0.690. The SMILES string of the molecule is CCS(=O)(=O)c1ccc(-c2ccc(C3CCN(C4CCC4)CC3)nc2)cc1.Cl.Cl. The van der Waals surface area contributed by atoms with E-state index in [1.165, 1.54) is 50.9 Å². The van der Waals surface area contributed by atoms with E-state index in [9.17, 15) is 8.42 Å². The van der Waals surface area contributed by atoms with Crippen LogP contribution in [0.3, 0.4) is 0 Å². The lowest BCUT2D eigenvalue weighted by atomic mass is 9.86. The van der Waals surface area contributed by atoms with Gasteiger partial charge in [0.1, 0.15) is 0 Å². The molecular weight excluding hydrogens is 427 g/mol. The van der Waals surface area contributed by atoms with Crippen molar-refractivity contribution in [2.75, 3.05) is 18.8 Å². The number of benzene rings is 1. The molecule has 7 heteroatoms. The molecule has 1 saturated heterocycles. The van der Waals surface area contributed by atoms with Crippen molar-refractivity contribution in [2.45, 2.75) is 55.9 Å². The lowest BCUT2D eigenvalue weighted by Gasteiger charge is -2.41. The maximum absolute atomic E-state index is 11.9. The Morgan fingerprint density at radius 1 is 0.931 bits per heavy atom. The maximum Gasteiger partial charge on any atom is 0.178 e. The molecule has 0 unspecified atom stereocenters. The molecule has 0 spiro atoms. The van der Waals surface area contributed by atoms with Crippen LogP contribution in [0.25, 0.3) is 11.1 Å². The Kier molecular flexibility index (Phi) is 8.53. The summed E-state index contributed by atoms with van der Waals surface area (Å²) in [6.45, 7) is 4.07. The molecule has 0 amide bonds. The highest BCUT2D eigenvalue weighted by Gasteiger charge is 2.29. The van der Waals surface area contributed by atoms with Crippen molar-refractivity contribution in [3.05, 3.63) is 48.3 Å². The summed E-state index contributed by atoms with van der Waals surface area (Å²) in [4.78, 5) is 7.79. The van der Waals surface area contributed by atoms with E-state index >= 15 is 0 Å². The number of hydrogen-bond acceptors (Lipinski definition) is 4. The number of sulfone groups is 1. The number of hydrogen-bond donors (Lipinski definition) is 0. The van der Waals surface area contributed by atoms with Crippen LogP contribution < -0.4 is 0 Å². The zero-order valence-electron chi connectivity index (χ0n) is 16.8. The van der Waals surface area contributed by atoms with Crippen LogP contribution in [0.4, 0.5) is 0 Å². The second kappa shape index (κ2) is 10.3. The third-order valence-electron chi connectivity index (χ3n) is 6.25. The first kappa shape index (κ1) is 24.1. The standard InChI is InChI=1S/C22H28N2O2S.2ClH/c1-2-27(25,26)21-9-6-17(7-10-21)19-8-11-22(23-16-19)18-12-14-24(15-13-18)20-4-3-5-20;;/h6-11,16,18,20H,2-5,12-15H2,1H3;2*1H. The van der Waals surface area contributed by atoms with Gasteiger partial charge < -0.3 is 4.90 Å². The Hall–Kier alpha value is -1.14. The normalized spacial score (nSPS) is 18.4. The summed E-state index contributed by atoms with van der Waals surface area (Å²) in [7, 11) is -3.15. The predicted octanol–water partition coefficient (Wildman–Crippen LogP) is 5.12. The van der Waals surface area contributed by atoms with Crippen LogP contribution in [-0.2, 0) is 9.84 Å². The fourth-order valence-corrected chi connectivity index (χ4v) is 5.04. The Bertz CT molecular complexity index is 874. The molecule has 29 heavy (non-hydrogen) atoms. The van der Waals surface area contributed by atoms with Gasteiger partial charge in [0.05, 0.1) is 10.6 Å². The zero-order chi connectivity index (χ0) is 18.9. The molecule has 160 valence electrons. The number of halogens is 2. The molecule has 4 nitrogen and oxygen atoms in total. The fraction of sp³-hybridized carbons (Fsp3) is 0.500. The lowest BCUT2D eigenvalue weighted by Crippen LogP contribution is -2.44. The minimum absolute atomic E-state index is 0. The Balaban J connectivity index is 0.00000150. The smallest absolute Gasteiger partial charge is 0.178 e. The highest BCUT2D eigenvalue weighted by Crippen LogP contribution is 2.33. The third-order valence-corrected chi connectivity index (χ3v) is 8.00. The summed E-state index contributed by atoms with van der Waals surface area (Å²) >= 11 is 0. The molecule has 0 atom stereocenters. The van der Waals surface area contributed by atoms with Crippen molar-refractivity contribution in [1.82, 2.24) is 9.88 Å². The summed E-state index contributed by atoms with van der Waals surface area (Å²) in [5, 5.41) is 0. The van der Waals surface area contributed by atoms with Crippen molar-refractivity contribution in [3.8, 4) is 11.1 Å². The van der Waals surface area contributed by atoms with E-state index < -0.39 is 9.84 Å². The van der Waals surface area contributed by atoms with Crippen molar-refractivity contribution < 1.29 is 8.42 Å². The fourth-order valence-electron chi connectivity index (χ4n) is 4.15. The average Bonchev–Trinajstić information content (AvgIpc) is 2.68. The monoisotopic (exact) mass is 456 g/mol. The average molecular weight is 457 g/mol. The highest BCUT2D eigenvalue weighted by molar-refractivity contribution is 7.91. The van der Waals surface area contributed by atoms with Crippen molar-refractivity contribution in [1.29, 1.82) is 0 Å². The molecule has 2 aromatic rings. The number of nitrogens with zero attached hydrogens (tertiary/aromatic N) is 2. The molecule has 2 fully saturated rings. The van der Waals surface area contributed by atoms with E-state index in [4.69, 9.17) is 4.98 Å². The first-order valence-corrected chi connectivity index (χ1v) is 11.8. The molecule has 0 N–H and O–H groups in total. The van der Waals surface area contributed by atoms with Crippen LogP contribution >= 0.6 is 24.8 Å². The van der Waals surface area contributed by atoms with Crippen molar-refractivity contribution in [3.63, 3.8) is 0 Å². The summed E-state index contributed by atoms with van der Waals surface area (Å²) in [6, 6.07) is 12.2. The number of pyridine rings is 1.